The number of piperidine rings is 1. The van der Waals surface area contributed by atoms with Crippen molar-refractivity contribution in [3.63, 3.8) is 0 Å². The predicted octanol–water partition coefficient (Wildman–Crippen LogP) is 3.05. The molecule has 3 heterocycles. The van der Waals surface area contributed by atoms with Gasteiger partial charge in [0.1, 0.15) is 17.0 Å². The number of benzene rings is 1. The molecule has 136 valence electrons. The van der Waals surface area contributed by atoms with Gasteiger partial charge in [-0.1, -0.05) is 35.5 Å². The molecule has 1 aromatic carbocycles. The minimum Gasteiger partial charge on any atom is -0.392 e. The van der Waals surface area contributed by atoms with E-state index in [-0.39, 0.29) is 6.10 Å². The maximum Gasteiger partial charge on any atom is 0.263 e. The zero-order valence-electron chi connectivity index (χ0n) is 15.2. The lowest BCUT2D eigenvalue weighted by Gasteiger charge is -2.35. The monoisotopic (exact) mass is 352 g/mol. The molecule has 2 aromatic heterocycles. The van der Waals surface area contributed by atoms with E-state index < -0.39 is 0 Å². The van der Waals surface area contributed by atoms with Crippen molar-refractivity contribution in [2.45, 2.75) is 39.2 Å². The lowest BCUT2D eigenvalue weighted by Crippen LogP contribution is -2.39. The van der Waals surface area contributed by atoms with Crippen LogP contribution in [0.25, 0.3) is 11.1 Å². The first-order valence-corrected chi connectivity index (χ1v) is 9.19. The Morgan fingerprint density at radius 2 is 1.88 bits per heavy atom. The average molecular weight is 352 g/mol. The summed E-state index contributed by atoms with van der Waals surface area (Å²) in [5.41, 5.74) is 2.56. The minimum absolute atomic E-state index is 0.302. The maximum atomic E-state index is 10.6. The molecule has 0 unspecified atom stereocenters. The summed E-state index contributed by atoms with van der Waals surface area (Å²) >= 11 is 0. The molecule has 0 bridgehead atoms. The van der Waals surface area contributed by atoms with Gasteiger partial charge in [0.05, 0.1) is 11.8 Å². The molecule has 1 fully saturated rings. The topological polar surface area (TPSA) is 75.3 Å². The first kappa shape index (κ1) is 17.0. The molecule has 1 atom stereocenters. The van der Waals surface area contributed by atoms with Gasteiger partial charge in [0, 0.05) is 13.1 Å². The number of anilines is 1. The SMILES string of the molecule is Cc1nc(N2CCC([C@@H](O)Cc3ccccc3)CC2)c2c(C)noc2n1. The number of aromatic nitrogens is 3. The van der Waals surface area contributed by atoms with Crippen molar-refractivity contribution in [2.24, 2.45) is 5.92 Å². The highest BCUT2D eigenvalue weighted by Gasteiger charge is 2.28. The van der Waals surface area contributed by atoms with Crippen LogP contribution < -0.4 is 4.90 Å². The number of aliphatic hydroxyl groups excluding tert-OH is 1. The molecule has 0 saturated carbocycles. The third-order valence-corrected chi connectivity index (χ3v) is 5.27. The highest BCUT2D eigenvalue weighted by molar-refractivity contribution is 5.88. The van der Waals surface area contributed by atoms with Crippen LogP contribution >= 0.6 is 0 Å². The van der Waals surface area contributed by atoms with Gasteiger partial charge < -0.3 is 14.5 Å². The van der Waals surface area contributed by atoms with Crippen LogP contribution in [0.5, 0.6) is 0 Å². The molecule has 0 aliphatic carbocycles. The van der Waals surface area contributed by atoms with Gasteiger partial charge in [-0.2, -0.15) is 4.98 Å². The second-order valence-corrected chi connectivity index (χ2v) is 7.12. The van der Waals surface area contributed by atoms with Crippen LogP contribution in [0, 0.1) is 19.8 Å². The van der Waals surface area contributed by atoms with Crippen LogP contribution in [0.3, 0.4) is 0 Å². The van der Waals surface area contributed by atoms with Crippen LogP contribution in [0.2, 0.25) is 0 Å². The largest absolute Gasteiger partial charge is 0.392 e. The molecule has 3 aromatic rings. The van der Waals surface area contributed by atoms with Crippen molar-refractivity contribution in [3.8, 4) is 0 Å². The normalized spacial score (nSPS) is 17.0. The first-order valence-electron chi connectivity index (χ1n) is 9.19. The van der Waals surface area contributed by atoms with E-state index in [0.717, 1.165) is 42.8 Å². The zero-order valence-corrected chi connectivity index (χ0v) is 15.2. The van der Waals surface area contributed by atoms with E-state index in [9.17, 15) is 5.11 Å². The van der Waals surface area contributed by atoms with Gasteiger partial charge in [-0.3, -0.25) is 0 Å². The first-order chi connectivity index (χ1) is 12.6. The van der Waals surface area contributed by atoms with E-state index in [0.29, 0.717) is 23.9 Å². The van der Waals surface area contributed by atoms with Crippen LogP contribution in [-0.4, -0.2) is 39.4 Å². The number of rotatable bonds is 4. The maximum absolute atomic E-state index is 10.6. The molecule has 1 N–H and O–H groups in total. The van der Waals surface area contributed by atoms with Gasteiger partial charge in [-0.05, 0) is 44.6 Å². The van der Waals surface area contributed by atoms with Crippen molar-refractivity contribution >= 4 is 16.9 Å². The zero-order chi connectivity index (χ0) is 18.1. The Bertz CT molecular complexity index is 885. The van der Waals surface area contributed by atoms with Crippen LogP contribution in [0.15, 0.2) is 34.9 Å². The molecule has 0 amide bonds. The Morgan fingerprint density at radius 3 is 2.62 bits per heavy atom. The second kappa shape index (κ2) is 7.03. The molecular weight excluding hydrogens is 328 g/mol. The average Bonchev–Trinajstić information content (AvgIpc) is 3.03. The highest BCUT2D eigenvalue weighted by atomic mass is 16.5. The Morgan fingerprint density at radius 1 is 1.15 bits per heavy atom. The smallest absolute Gasteiger partial charge is 0.263 e. The summed E-state index contributed by atoms with van der Waals surface area (Å²) < 4.78 is 5.32. The lowest BCUT2D eigenvalue weighted by molar-refractivity contribution is 0.0929. The lowest BCUT2D eigenvalue weighted by atomic mass is 9.88. The summed E-state index contributed by atoms with van der Waals surface area (Å²) in [6, 6.07) is 10.2. The Labute approximate surface area is 152 Å². The summed E-state index contributed by atoms with van der Waals surface area (Å²) in [5, 5.41) is 15.6. The third kappa shape index (κ3) is 3.29. The van der Waals surface area contributed by atoms with Gasteiger partial charge in [0.25, 0.3) is 5.71 Å². The van der Waals surface area contributed by atoms with Gasteiger partial charge >= 0.3 is 0 Å². The fourth-order valence-electron chi connectivity index (χ4n) is 3.82. The molecule has 4 rings (SSSR count). The summed E-state index contributed by atoms with van der Waals surface area (Å²) in [7, 11) is 0. The van der Waals surface area contributed by atoms with E-state index in [4.69, 9.17) is 4.52 Å². The Hall–Kier alpha value is -2.47. The van der Waals surface area contributed by atoms with Crippen LogP contribution in [0.1, 0.15) is 29.9 Å². The molecule has 26 heavy (non-hydrogen) atoms. The fraction of sp³-hybridized carbons (Fsp3) is 0.450. The van der Waals surface area contributed by atoms with Crippen molar-refractivity contribution in [3.05, 3.63) is 47.4 Å². The standard InChI is InChI=1S/C20H24N4O2/c1-13-18-19(21-14(2)22-20(18)26-23-13)24-10-8-16(9-11-24)17(25)12-15-6-4-3-5-7-15/h3-7,16-17,25H,8-12H2,1-2H3/t17-/m0/s1. The molecule has 1 aliphatic heterocycles. The predicted molar refractivity (Wildman–Crippen MR) is 100 cm³/mol. The summed E-state index contributed by atoms with van der Waals surface area (Å²) in [6.45, 7) is 5.53. The van der Waals surface area contributed by atoms with Gasteiger partial charge in [0.15, 0.2) is 0 Å². The Balaban J connectivity index is 1.46. The van der Waals surface area contributed by atoms with Crippen LogP contribution in [0.4, 0.5) is 5.82 Å². The van der Waals surface area contributed by atoms with Crippen molar-refractivity contribution < 1.29 is 9.63 Å². The number of hydrogen-bond donors (Lipinski definition) is 1. The number of nitrogens with zero attached hydrogens (tertiary/aromatic N) is 4. The number of aliphatic hydroxyl groups is 1. The fourth-order valence-corrected chi connectivity index (χ4v) is 3.82. The number of aryl methyl sites for hydroxylation is 2. The summed E-state index contributed by atoms with van der Waals surface area (Å²) in [6.07, 6.45) is 2.31. The molecular formula is C20H24N4O2. The number of fused-ring (bicyclic) bond motifs is 1. The van der Waals surface area contributed by atoms with Crippen molar-refractivity contribution in [2.75, 3.05) is 18.0 Å². The Kier molecular flexibility index (Phi) is 4.59. The summed E-state index contributed by atoms with van der Waals surface area (Å²) in [4.78, 5) is 11.3. The quantitative estimate of drug-likeness (QED) is 0.778. The molecule has 0 spiro atoms. The van der Waals surface area contributed by atoms with E-state index >= 15 is 0 Å². The van der Waals surface area contributed by atoms with Crippen molar-refractivity contribution in [1.82, 2.24) is 15.1 Å². The van der Waals surface area contributed by atoms with E-state index in [2.05, 4.69) is 32.2 Å². The molecule has 6 nitrogen and oxygen atoms in total. The molecule has 1 aliphatic rings. The minimum atomic E-state index is -0.302. The third-order valence-electron chi connectivity index (χ3n) is 5.27. The molecule has 6 heteroatoms. The van der Waals surface area contributed by atoms with E-state index in [1.54, 1.807) is 0 Å². The molecule has 1 saturated heterocycles. The number of hydrogen-bond acceptors (Lipinski definition) is 6. The van der Waals surface area contributed by atoms with E-state index in [1.165, 1.54) is 5.56 Å². The summed E-state index contributed by atoms with van der Waals surface area (Å²) in [5.74, 6) is 1.91. The second-order valence-electron chi connectivity index (χ2n) is 7.12. The van der Waals surface area contributed by atoms with Gasteiger partial charge in [-0.25, -0.2) is 4.98 Å². The van der Waals surface area contributed by atoms with Gasteiger partial charge in [-0.15, -0.1) is 0 Å². The highest BCUT2D eigenvalue weighted by Crippen LogP contribution is 2.31. The van der Waals surface area contributed by atoms with Gasteiger partial charge in [0.2, 0.25) is 0 Å². The van der Waals surface area contributed by atoms with Crippen LogP contribution in [-0.2, 0) is 6.42 Å². The molecule has 0 radical (unpaired) electrons. The van der Waals surface area contributed by atoms with E-state index in [1.807, 2.05) is 32.0 Å². The van der Waals surface area contributed by atoms with Crippen molar-refractivity contribution in [1.29, 1.82) is 0 Å².